The van der Waals surface area contributed by atoms with Crippen molar-refractivity contribution in [3.05, 3.63) is 12.7 Å². The average molecular weight is 1110 g/mol. The molecule has 4 rings (SSSR count). The van der Waals surface area contributed by atoms with Crippen molar-refractivity contribution in [3.63, 3.8) is 0 Å². The maximum atomic E-state index is 12.7. The summed E-state index contributed by atoms with van der Waals surface area (Å²) in [6.07, 6.45) is 0.710. The molecule has 8 N–H and O–H groups in total. The van der Waals surface area contributed by atoms with Gasteiger partial charge in [0.05, 0.1) is 39.6 Å². The van der Waals surface area contributed by atoms with E-state index in [1.165, 1.54) is 13.8 Å². The van der Waals surface area contributed by atoms with Crippen LogP contribution in [0, 0.1) is 5.41 Å². The van der Waals surface area contributed by atoms with Crippen molar-refractivity contribution >= 4 is 69.1 Å². The molecule has 0 spiro atoms. The Balaban J connectivity index is 1.03. The number of carbonyl (C=O) groups is 3. The highest BCUT2D eigenvalue weighted by Crippen LogP contribution is 2.56. The van der Waals surface area contributed by atoms with Gasteiger partial charge in [0, 0.05) is 50.1 Å². The largest absolute Gasteiger partial charge is 0.790 e. The number of aliphatic hydroxyl groups is 4. The molecule has 2 aliphatic rings. The quantitative estimate of drug-likeness (QED) is 0.0343. The van der Waals surface area contributed by atoms with Gasteiger partial charge in [0.1, 0.15) is 42.4 Å². The number of amides is 2. The molecule has 412 valence electrons. The summed E-state index contributed by atoms with van der Waals surface area (Å²) >= 11 is 1.11. The Labute approximate surface area is 420 Å². The molecule has 2 aromatic heterocycles. The van der Waals surface area contributed by atoms with Crippen LogP contribution in [0.2, 0.25) is 0 Å². The molecular formula is C40H66N7O21P3S-4. The number of phosphoric ester groups is 3. The number of anilines is 1. The van der Waals surface area contributed by atoms with E-state index in [0.717, 1.165) is 93.2 Å². The zero-order valence-electron chi connectivity index (χ0n) is 40.1. The third-order valence-electron chi connectivity index (χ3n) is 11.5. The molecule has 28 nitrogen and oxygen atoms in total. The zero-order chi connectivity index (χ0) is 53.3. The molecule has 72 heavy (non-hydrogen) atoms. The fraction of sp³-hybridized carbons (Fsp3) is 0.800. The van der Waals surface area contributed by atoms with Gasteiger partial charge in [0.25, 0.3) is 15.6 Å². The van der Waals surface area contributed by atoms with E-state index < -0.39 is 103 Å². The summed E-state index contributed by atoms with van der Waals surface area (Å²) in [5.41, 5.74) is 4.06. The Kier molecular flexibility index (Phi) is 25.0. The summed E-state index contributed by atoms with van der Waals surface area (Å²) in [7, 11) is -17.6. The molecular weight excluding hydrogens is 1040 g/mol. The number of carbonyl (C=O) groups excluding carboxylic acids is 3. The fourth-order valence-corrected chi connectivity index (χ4v) is 10.9. The second kappa shape index (κ2) is 29.1. The summed E-state index contributed by atoms with van der Waals surface area (Å²) in [6.45, 7) is 2.34. The first kappa shape index (κ1) is 61.9. The first-order valence-electron chi connectivity index (χ1n) is 23.4. The van der Waals surface area contributed by atoms with Crippen LogP contribution in [-0.4, -0.2) is 145 Å². The van der Waals surface area contributed by atoms with Crippen LogP contribution in [0.4, 0.5) is 5.82 Å². The summed E-state index contributed by atoms with van der Waals surface area (Å²) < 4.78 is 72.0. The van der Waals surface area contributed by atoms with Crippen LogP contribution >= 0.6 is 35.2 Å². The minimum atomic E-state index is -5.93. The number of nitrogens with two attached hydrogens (primary N) is 1. The predicted molar refractivity (Wildman–Crippen MR) is 246 cm³/mol. The third-order valence-corrected chi connectivity index (χ3v) is 15.4. The zero-order valence-corrected chi connectivity index (χ0v) is 43.6. The third kappa shape index (κ3) is 20.8. The number of nitrogens with one attached hydrogen (secondary N) is 2. The molecule has 32 heteroatoms. The number of phosphoric acid groups is 3. The van der Waals surface area contributed by atoms with Crippen LogP contribution in [0.15, 0.2) is 12.7 Å². The second-order valence-electron chi connectivity index (χ2n) is 17.9. The maximum Gasteiger partial charge on any atom is 0.274 e. The molecule has 2 amide bonds. The van der Waals surface area contributed by atoms with Gasteiger partial charge in [-0.3, -0.25) is 28.1 Å². The molecule has 2 aliphatic heterocycles. The van der Waals surface area contributed by atoms with Gasteiger partial charge in [-0.25, -0.2) is 19.3 Å². The minimum absolute atomic E-state index is 0.0190. The molecule has 2 aromatic rings. The van der Waals surface area contributed by atoms with Gasteiger partial charge in [-0.05, 0) is 19.8 Å². The van der Waals surface area contributed by atoms with Gasteiger partial charge in [0.15, 0.2) is 29.1 Å². The fourth-order valence-electron chi connectivity index (χ4n) is 7.42. The Morgan fingerprint density at radius 3 is 2.19 bits per heavy atom. The van der Waals surface area contributed by atoms with Gasteiger partial charge >= 0.3 is 0 Å². The van der Waals surface area contributed by atoms with Gasteiger partial charge in [-0.2, -0.15) is 0 Å². The van der Waals surface area contributed by atoms with E-state index >= 15 is 0 Å². The smallest absolute Gasteiger partial charge is 0.274 e. The predicted octanol–water partition coefficient (Wildman–Crippen LogP) is -0.699. The van der Waals surface area contributed by atoms with Crippen LogP contribution in [-0.2, 0) is 60.2 Å². The second-order valence-corrected chi connectivity index (χ2v) is 23.2. The number of thioether (sulfide) groups is 1. The van der Waals surface area contributed by atoms with Crippen molar-refractivity contribution in [1.29, 1.82) is 0 Å². The van der Waals surface area contributed by atoms with Crippen molar-refractivity contribution in [2.24, 2.45) is 5.41 Å². The molecule has 0 saturated carbocycles. The number of aromatic nitrogens is 4. The summed E-state index contributed by atoms with van der Waals surface area (Å²) in [5.74, 6) is -1.21. The first-order chi connectivity index (χ1) is 33.8. The molecule has 2 saturated heterocycles. The van der Waals surface area contributed by atoms with Crippen molar-refractivity contribution in [3.8, 4) is 0 Å². The van der Waals surface area contributed by atoms with E-state index in [4.69, 9.17) is 19.9 Å². The number of fused-ring (bicyclic) bond motifs is 1. The lowest BCUT2D eigenvalue weighted by molar-refractivity contribution is -0.347. The van der Waals surface area contributed by atoms with E-state index in [1.54, 1.807) is 6.92 Å². The van der Waals surface area contributed by atoms with E-state index in [9.17, 15) is 68.1 Å². The van der Waals surface area contributed by atoms with E-state index in [2.05, 4.69) is 43.5 Å². The number of nitrogen functional groups attached to an aromatic ring is 1. The van der Waals surface area contributed by atoms with Crippen molar-refractivity contribution < 1.29 is 100 Å². The van der Waals surface area contributed by atoms with E-state index in [1.807, 2.05) is 0 Å². The number of rotatable bonds is 33. The molecule has 0 radical (unpaired) electrons. The highest BCUT2D eigenvalue weighted by atomic mass is 32.2. The molecule has 2 unspecified atom stereocenters. The van der Waals surface area contributed by atoms with Crippen molar-refractivity contribution in [1.82, 2.24) is 30.2 Å². The Bertz CT molecular complexity index is 2190. The average Bonchev–Trinajstić information content (AvgIpc) is 3.86. The van der Waals surface area contributed by atoms with Crippen LogP contribution in [0.5, 0.6) is 0 Å². The van der Waals surface area contributed by atoms with Gasteiger partial charge < -0.3 is 88.7 Å². The molecule has 0 aliphatic carbocycles. The van der Waals surface area contributed by atoms with Crippen LogP contribution in [0.25, 0.3) is 11.2 Å². The van der Waals surface area contributed by atoms with Gasteiger partial charge in [-0.1, -0.05) is 77.0 Å². The number of ether oxygens (including phenoxy) is 3. The number of aliphatic hydroxyl groups excluding tert-OH is 4. The molecule has 0 bridgehead atoms. The van der Waals surface area contributed by atoms with Crippen LogP contribution in [0.1, 0.15) is 110 Å². The van der Waals surface area contributed by atoms with E-state index in [0.29, 0.717) is 18.8 Å². The molecule has 11 atom stereocenters. The highest BCUT2D eigenvalue weighted by molar-refractivity contribution is 8.13. The Morgan fingerprint density at radius 2 is 1.53 bits per heavy atom. The Morgan fingerprint density at radius 1 is 0.889 bits per heavy atom. The number of imidazole rings is 1. The minimum Gasteiger partial charge on any atom is -0.790 e. The summed E-state index contributed by atoms with van der Waals surface area (Å²) in [4.78, 5) is 97.0. The monoisotopic (exact) mass is 1110 g/mol. The SMILES string of the molecule is C[C@@H]1O[C@@H](OCCCCCCCCCCCCC(=O)SCCNC(=O)CCNC(=O)[C@H](O)C(C)(C)COP(=O)([O-])OP(=O)([O-])OC[C@H]2O[C@@H](n3cnc4c(N)ncnc43)[C@H](O)[C@@H]2OP(=O)([O-])[O-])[C@H](O)C[C@H]1O. The van der Waals surface area contributed by atoms with Crippen LogP contribution < -0.4 is 35.9 Å². The van der Waals surface area contributed by atoms with Crippen molar-refractivity contribution in [2.75, 3.05) is 44.4 Å². The first-order valence-corrected chi connectivity index (χ1v) is 28.8. The molecule has 2 fully saturated rings. The number of hydrogen-bond acceptors (Lipinski definition) is 26. The molecule has 0 aromatic carbocycles. The van der Waals surface area contributed by atoms with Gasteiger partial charge in [-0.15, -0.1) is 0 Å². The lowest BCUT2D eigenvalue weighted by Gasteiger charge is -2.36. The lowest BCUT2D eigenvalue weighted by Crippen LogP contribution is -2.47. The normalized spacial score (nSPS) is 24.9. The summed E-state index contributed by atoms with van der Waals surface area (Å²) in [5, 5.41) is 46.2. The topological polar surface area (TPSA) is 434 Å². The van der Waals surface area contributed by atoms with Gasteiger partial charge in [0.2, 0.25) is 11.8 Å². The molecule has 4 heterocycles. The highest BCUT2D eigenvalue weighted by Gasteiger charge is 2.47. The Hall–Kier alpha value is -2.60. The van der Waals surface area contributed by atoms with Crippen LogP contribution in [0.3, 0.4) is 0 Å². The maximum absolute atomic E-state index is 12.7. The van der Waals surface area contributed by atoms with E-state index in [-0.39, 0.29) is 54.1 Å². The van der Waals surface area contributed by atoms with Crippen molar-refractivity contribution in [2.45, 2.75) is 159 Å². The standard InChI is InChI=1S/C40H70N7O21P3S/c1-25-26(48)20-27(49)39(65-25)62-18-13-11-9-7-5-4-6-8-10-12-14-30(51)72-19-17-42-29(50)15-16-43-37(54)34(53)40(2,3)22-64-71(60,61)68-70(58,59)63-21-28-33(67-69(55,56)57)32(52)38(66-28)47-24-46-31-35(41)44-23-45-36(31)47/h23-28,32-34,38-39,48-49,52-53H,4-22H2,1-3H3,(H,42,50)(H,43,54)(H,58,59)(H,60,61)(H2,41,44,45)(H2,55,56,57)/p-4/t25-,26+,27+,28+,32+,33+,34-,38+,39+/m0/s1. The summed E-state index contributed by atoms with van der Waals surface area (Å²) in [6, 6.07) is 0. The lowest BCUT2D eigenvalue weighted by atomic mass is 9.87. The number of hydrogen-bond donors (Lipinski definition) is 7. The number of unbranched alkanes of at least 4 members (excludes halogenated alkanes) is 9. The number of nitrogens with zero attached hydrogens (tertiary/aromatic N) is 4.